The van der Waals surface area contributed by atoms with Gasteiger partial charge in [0.1, 0.15) is 0 Å². The Morgan fingerprint density at radius 3 is 2.78 bits per heavy atom. The van der Waals surface area contributed by atoms with E-state index in [9.17, 15) is 0 Å². The zero-order valence-electron chi connectivity index (χ0n) is 14.1. The van der Waals surface area contributed by atoms with Gasteiger partial charge in [-0.3, -0.25) is 4.99 Å². The summed E-state index contributed by atoms with van der Waals surface area (Å²) in [4.78, 5) is 6.94. The number of guanidine groups is 1. The topological polar surface area (TPSA) is 48.9 Å². The van der Waals surface area contributed by atoms with Crippen LogP contribution in [0.2, 0.25) is 0 Å². The molecule has 130 valence electrons. The van der Waals surface area contributed by atoms with Gasteiger partial charge in [0.15, 0.2) is 5.96 Å². The van der Waals surface area contributed by atoms with E-state index in [1.54, 1.807) is 0 Å². The Bertz CT molecular complexity index is 455. The van der Waals surface area contributed by atoms with Crippen LogP contribution in [0, 0.1) is 0 Å². The molecule has 2 N–H and O–H groups in total. The van der Waals surface area contributed by atoms with Gasteiger partial charge in [0.25, 0.3) is 0 Å². The Kier molecular flexibility index (Phi) is 10.2. The summed E-state index contributed by atoms with van der Waals surface area (Å²) in [7, 11) is 2.13. The van der Waals surface area contributed by atoms with Crippen LogP contribution in [0.1, 0.15) is 12.5 Å². The SMILES string of the molecule is CCNC(=NCC1CN(C)CCO1)NCCc1ccccc1.I. The largest absolute Gasteiger partial charge is 0.374 e. The number of nitrogens with one attached hydrogen (secondary N) is 2. The van der Waals surface area contributed by atoms with Crippen LogP contribution in [0.3, 0.4) is 0 Å². The Morgan fingerprint density at radius 1 is 1.30 bits per heavy atom. The highest BCUT2D eigenvalue weighted by Gasteiger charge is 2.17. The van der Waals surface area contributed by atoms with Crippen molar-refractivity contribution >= 4 is 29.9 Å². The zero-order valence-corrected chi connectivity index (χ0v) is 16.5. The molecule has 0 bridgehead atoms. The molecule has 1 saturated heterocycles. The highest BCUT2D eigenvalue weighted by Crippen LogP contribution is 2.03. The molecule has 0 aromatic heterocycles. The second-order valence-corrected chi connectivity index (χ2v) is 5.64. The molecule has 0 amide bonds. The highest BCUT2D eigenvalue weighted by molar-refractivity contribution is 14.0. The van der Waals surface area contributed by atoms with E-state index < -0.39 is 0 Å². The van der Waals surface area contributed by atoms with Crippen molar-refractivity contribution in [2.24, 2.45) is 4.99 Å². The Hall–Kier alpha value is -0.860. The van der Waals surface area contributed by atoms with E-state index in [1.807, 2.05) is 6.07 Å². The first-order chi connectivity index (χ1) is 10.8. The minimum absolute atomic E-state index is 0. The van der Waals surface area contributed by atoms with Crippen LogP contribution >= 0.6 is 24.0 Å². The van der Waals surface area contributed by atoms with Crippen LogP contribution in [0.25, 0.3) is 0 Å². The second-order valence-electron chi connectivity index (χ2n) is 5.64. The van der Waals surface area contributed by atoms with Gasteiger partial charge in [0.2, 0.25) is 0 Å². The molecule has 1 aromatic rings. The third kappa shape index (κ3) is 7.99. The highest BCUT2D eigenvalue weighted by atomic mass is 127. The Labute approximate surface area is 156 Å². The van der Waals surface area contributed by atoms with Crippen molar-refractivity contribution in [3.63, 3.8) is 0 Å². The van der Waals surface area contributed by atoms with Crippen LogP contribution in [-0.2, 0) is 11.2 Å². The lowest BCUT2D eigenvalue weighted by molar-refractivity contribution is -0.0136. The van der Waals surface area contributed by atoms with Crippen molar-refractivity contribution in [1.82, 2.24) is 15.5 Å². The van der Waals surface area contributed by atoms with Gasteiger partial charge in [-0.1, -0.05) is 30.3 Å². The smallest absolute Gasteiger partial charge is 0.191 e. The van der Waals surface area contributed by atoms with Crippen molar-refractivity contribution in [3.8, 4) is 0 Å². The van der Waals surface area contributed by atoms with E-state index in [2.05, 4.69) is 58.8 Å². The van der Waals surface area contributed by atoms with Crippen LogP contribution in [-0.4, -0.2) is 63.3 Å². The molecule has 0 aliphatic carbocycles. The maximum Gasteiger partial charge on any atom is 0.191 e. The molecule has 5 nitrogen and oxygen atoms in total. The summed E-state index contributed by atoms with van der Waals surface area (Å²) in [6, 6.07) is 10.5. The van der Waals surface area contributed by atoms with E-state index in [1.165, 1.54) is 5.56 Å². The summed E-state index contributed by atoms with van der Waals surface area (Å²) in [5, 5.41) is 6.68. The molecule has 1 fully saturated rings. The monoisotopic (exact) mass is 432 g/mol. The number of likely N-dealkylation sites (N-methyl/N-ethyl adjacent to an activating group) is 1. The molecule has 23 heavy (non-hydrogen) atoms. The molecule has 1 aliphatic heterocycles. The first-order valence-corrected chi connectivity index (χ1v) is 8.14. The standard InChI is InChI=1S/C17H28N4O.HI/c1-3-18-17(19-10-9-15-7-5-4-6-8-15)20-13-16-14-21(2)11-12-22-16;/h4-8,16H,3,9-14H2,1-2H3,(H2,18,19,20);1H. The maximum absolute atomic E-state index is 5.75. The summed E-state index contributed by atoms with van der Waals surface area (Å²) in [5.74, 6) is 0.871. The van der Waals surface area contributed by atoms with E-state index in [0.717, 1.165) is 45.2 Å². The number of nitrogens with zero attached hydrogens (tertiary/aromatic N) is 2. The Balaban J connectivity index is 0.00000264. The van der Waals surface area contributed by atoms with Crippen LogP contribution < -0.4 is 10.6 Å². The van der Waals surface area contributed by atoms with Crippen LogP contribution in [0.5, 0.6) is 0 Å². The lowest BCUT2D eigenvalue weighted by atomic mass is 10.1. The van der Waals surface area contributed by atoms with Crippen molar-refractivity contribution < 1.29 is 4.74 Å². The molecule has 0 radical (unpaired) electrons. The van der Waals surface area contributed by atoms with Gasteiger partial charge in [-0.15, -0.1) is 24.0 Å². The fourth-order valence-corrected chi connectivity index (χ4v) is 2.48. The van der Waals surface area contributed by atoms with E-state index in [0.29, 0.717) is 6.54 Å². The number of hydrogen-bond acceptors (Lipinski definition) is 3. The number of morpholine rings is 1. The first-order valence-electron chi connectivity index (χ1n) is 8.14. The van der Waals surface area contributed by atoms with E-state index >= 15 is 0 Å². The van der Waals surface area contributed by atoms with Gasteiger partial charge in [0, 0.05) is 26.2 Å². The van der Waals surface area contributed by atoms with Crippen molar-refractivity contribution in [2.75, 3.05) is 46.4 Å². The maximum atomic E-state index is 5.75. The van der Waals surface area contributed by atoms with Crippen molar-refractivity contribution in [3.05, 3.63) is 35.9 Å². The fraction of sp³-hybridized carbons (Fsp3) is 0.588. The van der Waals surface area contributed by atoms with Gasteiger partial charge >= 0.3 is 0 Å². The number of aliphatic imine (C=N–C) groups is 1. The molecule has 1 aliphatic rings. The predicted molar refractivity (Wildman–Crippen MR) is 107 cm³/mol. The van der Waals surface area contributed by atoms with E-state index in [-0.39, 0.29) is 30.1 Å². The fourth-order valence-electron chi connectivity index (χ4n) is 2.48. The summed E-state index contributed by atoms with van der Waals surface area (Å²) in [6.07, 6.45) is 1.19. The molecule has 1 unspecified atom stereocenters. The predicted octanol–water partition coefficient (Wildman–Crippen LogP) is 1.73. The normalized spacial score (nSPS) is 19.0. The zero-order chi connectivity index (χ0) is 15.6. The van der Waals surface area contributed by atoms with Crippen LogP contribution in [0.15, 0.2) is 35.3 Å². The van der Waals surface area contributed by atoms with Gasteiger partial charge in [-0.05, 0) is 26.0 Å². The molecular formula is C17H29IN4O. The lowest BCUT2D eigenvalue weighted by Gasteiger charge is -2.29. The van der Waals surface area contributed by atoms with Gasteiger partial charge in [0.05, 0.1) is 19.3 Å². The quantitative estimate of drug-likeness (QED) is 0.409. The second kappa shape index (κ2) is 11.6. The average Bonchev–Trinajstić information content (AvgIpc) is 2.54. The molecule has 1 aromatic carbocycles. The number of rotatable bonds is 6. The van der Waals surface area contributed by atoms with Gasteiger partial charge in [-0.25, -0.2) is 0 Å². The van der Waals surface area contributed by atoms with Gasteiger partial charge in [-0.2, -0.15) is 0 Å². The summed E-state index contributed by atoms with van der Waals surface area (Å²) >= 11 is 0. The molecule has 1 atom stereocenters. The molecular weight excluding hydrogens is 403 g/mol. The minimum atomic E-state index is 0. The third-order valence-corrected chi connectivity index (χ3v) is 3.69. The van der Waals surface area contributed by atoms with Crippen molar-refractivity contribution in [1.29, 1.82) is 0 Å². The van der Waals surface area contributed by atoms with E-state index in [4.69, 9.17) is 4.74 Å². The summed E-state index contributed by atoms with van der Waals surface area (Å²) in [5.41, 5.74) is 1.34. The molecule has 2 rings (SSSR count). The molecule has 1 heterocycles. The lowest BCUT2D eigenvalue weighted by Crippen LogP contribution is -2.43. The minimum Gasteiger partial charge on any atom is -0.374 e. The summed E-state index contributed by atoms with van der Waals surface area (Å²) < 4.78 is 5.75. The van der Waals surface area contributed by atoms with Crippen LogP contribution in [0.4, 0.5) is 0 Å². The molecule has 6 heteroatoms. The number of ether oxygens (including phenoxy) is 1. The Morgan fingerprint density at radius 2 is 2.09 bits per heavy atom. The molecule has 0 spiro atoms. The van der Waals surface area contributed by atoms with Gasteiger partial charge < -0.3 is 20.3 Å². The molecule has 0 saturated carbocycles. The number of hydrogen-bond donors (Lipinski definition) is 2. The summed E-state index contributed by atoms with van der Waals surface area (Å²) in [6.45, 7) is 7.28. The van der Waals surface area contributed by atoms with Crippen molar-refractivity contribution in [2.45, 2.75) is 19.4 Å². The third-order valence-electron chi connectivity index (χ3n) is 3.69. The first kappa shape index (κ1) is 20.2. The number of halogens is 1. The average molecular weight is 432 g/mol. The number of benzene rings is 1.